The number of aryl methyl sites for hydroxylation is 1. The summed E-state index contributed by atoms with van der Waals surface area (Å²) in [6.07, 6.45) is 7.71. The molecule has 1 aromatic rings. The van der Waals surface area contributed by atoms with Crippen molar-refractivity contribution in [3.8, 4) is 0 Å². The standard InChI is InChI=1S/C15H27N3O2S/c1-3-16-11-14-9-15(12-18(14)2)21(19,20)17-10-13-7-5-4-6-8-13/h9,12-13,16-17H,3-8,10-11H2,1-2H3. The SMILES string of the molecule is CCNCc1cc(S(=O)(=O)NCC2CCCCC2)cn1C. The van der Waals surface area contributed by atoms with Crippen LogP contribution in [0, 0.1) is 5.92 Å². The van der Waals surface area contributed by atoms with Gasteiger partial charge in [0, 0.05) is 32.0 Å². The second-order valence-electron chi connectivity index (χ2n) is 5.91. The molecule has 6 heteroatoms. The van der Waals surface area contributed by atoms with Gasteiger partial charge >= 0.3 is 0 Å². The highest BCUT2D eigenvalue weighted by Gasteiger charge is 2.20. The van der Waals surface area contributed by atoms with Gasteiger partial charge in [-0.1, -0.05) is 26.2 Å². The van der Waals surface area contributed by atoms with Crippen LogP contribution in [0.1, 0.15) is 44.7 Å². The molecule has 0 amide bonds. The van der Waals surface area contributed by atoms with Crippen molar-refractivity contribution < 1.29 is 8.42 Å². The maximum atomic E-state index is 12.4. The predicted molar refractivity (Wildman–Crippen MR) is 84.6 cm³/mol. The second-order valence-corrected chi connectivity index (χ2v) is 7.68. The minimum absolute atomic E-state index is 0.369. The van der Waals surface area contributed by atoms with E-state index in [1.54, 1.807) is 12.3 Å². The van der Waals surface area contributed by atoms with Crippen molar-refractivity contribution in [1.82, 2.24) is 14.6 Å². The van der Waals surface area contributed by atoms with Gasteiger partial charge in [-0.2, -0.15) is 0 Å². The minimum atomic E-state index is -3.38. The lowest BCUT2D eigenvalue weighted by molar-refractivity contribution is 0.357. The van der Waals surface area contributed by atoms with Crippen molar-refractivity contribution in [2.45, 2.75) is 50.5 Å². The molecule has 1 aliphatic carbocycles. The lowest BCUT2D eigenvalue weighted by Crippen LogP contribution is -2.30. The normalized spacial score (nSPS) is 17.2. The van der Waals surface area contributed by atoms with Gasteiger partial charge in [-0.3, -0.25) is 0 Å². The third kappa shape index (κ3) is 4.56. The first-order valence-electron chi connectivity index (χ1n) is 7.88. The average Bonchev–Trinajstić information content (AvgIpc) is 2.86. The summed E-state index contributed by atoms with van der Waals surface area (Å²) in [5.41, 5.74) is 0.981. The van der Waals surface area contributed by atoms with E-state index in [-0.39, 0.29) is 0 Å². The molecule has 0 bridgehead atoms. The number of hydrogen-bond donors (Lipinski definition) is 2. The molecule has 1 fully saturated rings. The van der Waals surface area contributed by atoms with Crippen molar-refractivity contribution in [3.05, 3.63) is 18.0 Å². The molecule has 0 radical (unpaired) electrons. The molecule has 0 unspecified atom stereocenters. The molecule has 1 aliphatic rings. The average molecular weight is 313 g/mol. The van der Waals surface area contributed by atoms with Crippen LogP contribution in [-0.4, -0.2) is 26.1 Å². The van der Waals surface area contributed by atoms with Gasteiger partial charge in [-0.15, -0.1) is 0 Å². The fraction of sp³-hybridized carbons (Fsp3) is 0.733. The van der Waals surface area contributed by atoms with Gasteiger partial charge in [0.2, 0.25) is 10.0 Å². The number of aromatic nitrogens is 1. The molecule has 0 aliphatic heterocycles. The van der Waals surface area contributed by atoms with Crippen LogP contribution in [0.15, 0.2) is 17.2 Å². The van der Waals surface area contributed by atoms with Gasteiger partial charge in [-0.05, 0) is 31.4 Å². The third-order valence-electron chi connectivity index (χ3n) is 4.24. The number of hydrogen-bond acceptors (Lipinski definition) is 3. The zero-order valence-corrected chi connectivity index (χ0v) is 13.9. The Morgan fingerprint density at radius 3 is 2.67 bits per heavy atom. The van der Waals surface area contributed by atoms with E-state index in [9.17, 15) is 8.42 Å². The molecule has 0 atom stereocenters. The lowest BCUT2D eigenvalue weighted by atomic mass is 9.90. The van der Waals surface area contributed by atoms with Gasteiger partial charge in [0.25, 0.3) is 0 Å². The van der Waals surface area contributed by atoms with Gasteiger partial charge in [0.05, 0.1) is 4.90 Å². The number of sulfonamides is 1. The van der Waals surface area contributed by atoms with Crippen LogP contribution in [0.25, 0.3) is 0 Å². The predicted octanol–water partition coefficient (Wildman–Crippen LogP) is 1.99. The molecule has 1 saturated carbocycles. The first-order chi connectivity index (χ1) is 10.0. The van der Waals surface area contributed by atoms with Gasteiger partial charge in [0.1, 0.15) is 0 Å². The first kappa shape index (κ1) is 16.5. The van der Waals surface area contributed by atoms with Crippen molar-refractivity contribution >= 4 is 10.0 Å². The van der Waals surface area contributed by atoms with Gasteiger partial charge < -0.3 is 9.88 Å². The van der Waals surface area contributed by atoms with Crippen LogP contribution in [-0.2, 0) is 23.6 Å². The Labute approximate surface area is 128 Å². The first-order valence-corrected chi connectivity index (χ1v) is 9.37. The maximum absolute atomic E-state index is 12.4. The van der Waals surface area contributed by atoms with Crippen LogP contribution in [0.3, 0.4) is 0 Å². The number of rotatable bonds is 7. The molecule has 2 N–H and O–H groups in total. The molecule has 5 nitrogen and oxygen atoms in total. The van der Waals surface area contributed by atoms with E-state index in [1.165, 1.54) is 19.3 Å². The van der Waals surface area contributed by atoms with E-state index in [0.29, 0.717) is 23.9 Å². The lowest BCUT2D eigenvalue weighted by Gasteiger charge is -2.21. The summed E-state index contributed by atoms with van der Waals surface area (Å²) in [7, 11) is -1.50. The molecule has 2 rings (SSSR count). The smallest absolute Gasteiger partial charge is 0.242 e. The maximum Gasteiger partial charge on any atom is 0.242 e. The summed E-state index contributed by atoms with van der Waals surface area (Å²) < 4.78 is 29.4. The van der Waals surface area contributed by atoms with Crippen LogP contribution >= 0.6 is 0 Å². The minimum Gasteiger partial charge on any atom is -0.352 e. The Hall–Kier alpha value is -0.850. The van der Waals surface area contributed by atoms with E-state index in [1.807, 2.05) is 18.5 Å². The van der Waals surface area contributed by atoms with Gasteiger partial charge in [0.15, 0.2) is 0 Å². The van der Waals surface area contributed by atoms with Crippen molar-refractivity contribution in [2.75, 3.05) is 13.1 Å². The summed E-state index contributed by atoms with van der Waals surface area (Å²) in [5, 5.41) is 3.22. The zero-order valence-electron chi connectivity index (χ0n) is 13.1. The summed E-state index contributed by atoms with van der Waals surface area (Å²) in [4.78, 5) is 0.369. The van der Waals surface area contributed by atoms with Crippen molar-refractivity contribution in [2.24, 2.45) is 13.0 Å². The number of nitrogens with one attached hydrogen (secondary N) is 2. The Bertz CT molecular complexity index is 545. The summed E-state index contributed by atoms with van der Waals surface area (Å²) >= 11 is 0. The third-order valence-corrected chi connectivity index (χ3v) is 5.63. The quantitative estimate of drug-likeness (QED) is 0.809. The Balaban J connectivity index is 1.98. The molecular formula is C15H27N3O2S. The molecule has 21 heavy (non-hydrogen) atoms. The van der Waals surface area contributed by atoms with Crippen LogP contribution < -0.4 is 10.0 Å². The Morgan fingerprint density at radius 2 is 2.00 bits per heavy atom. The largest absolute Gasteiger partial charge is 0.352 e. The molecule has 0 aromatic carbocycles. The monoisotopic (exact) mass is 313 g/mol. The molecule has 0 spiro atoms. The second kappa shape index (κ2) is 7.42. The highest BCUT2D eigenvalue weighted by molar-refractivity contribution is 7.89. The Morgan fingerprint density at radius 1 is 1.29 bits per heavy atom. The zero-order chi connectivity index (χ0) is 15.3. The molecule has 120 valence electrons. The van der Waals surface area contributed by atoms with Crippen molar-refractivity contribution in [1.29, 1.82) is 0 Å². The summed E-state index contributed by atoms with van der Waals surface area (Å²) in [5.74, 6) is 0.499. The fourth-order valence-corrected chi connectivity index (χ4v) is 4.06. The summed E-state index contributed by atoms with van der Waals surface area (Å²) in [6.45, 7) is 4.16. The van der Waals surface area contributed by atoms with E-state index >= 15 is 0 Å². The highest BCUT2D eigenvalue weighted by atomic mass is 32.2. The van der Waals surface area contributed by atoms with Crippen LogP contribution in [0.2, 0.25) is 0 Å². The topological polar surface area (TPSA) is 63.1 Å². The fourth-order valence-electron chi connectivity index (χ4n) is 2.85. The molecular weight excluding hydrogens is 286 g/mol. The highest BCUT2D eigenvalue weighted by Crippen LogP contribution is 2.23. The van der Waals surface area contributed by atoms with Crippen LogP contribution in [0.4, 0.5) is 0 Å². The van der Waals surface area contributed by atoms with Crippen molar-refractivity contribution in [3.63, 3.8) is 0 Å². The van der Waals surface area contributed by atoms with E-state index in [4.69, 9.17) is 0 Å². The van der Waals surface area contributed by atoms with Crippen LogP contribution in [0.5, 0.6) is 0 Å². The van der Waals surface area contributed by atoms with E-state index in [0.717, 1.165) is 25.1 Å². The molecule has 1 aromatic heterocycles. The van der Waals surface area contributed by atoms with E-state index in [2.05, 4.69) is 10.0 Å². The molecule has 1 heterocycles. The van der Waals surface area contributed by atoms with E-state index < -0.39 is 10.0 Å². The number of nitrogens with zero attached hydrogens (tertiary/aromatic N) is 1. The molecule has 0 saturated heterocycles. The Kier molecular flexibility index (Phi) is 5.84. The van der Waals surface area contributed by atoms with Gasteiger partial charge in [-0.25, -0.2) is 13.1 Å². The summed E-state index contributed by atoms with van der Waals surface area (Å²) in [6, 6.07) is 1.76.